The van der Waals surface area contributed by atoms with Crippen molar-refractivity contribution in [3.05, 3.63) is 35.9 Å². The van der Waals surface area contributed by atoms with Crippen LogP contribution in [0.1, 0.15) is 39.2 Å². The van der Waals surface area contributed by atoms with E-state index in [0.717, 1.165) is 5.56 Å². The smallest absolute Gasteiger partial charge is 0.323 e. The minimum absolute atomic E-state index is 0.137. The first-order valence-corrected chi connectivity index (χ1v) is 6.76. The number of carbonyl (C=O) groups excluding carboxylic acids is 1. The van der Waals surface area contributed by atoms with E-state index in [4.69, 9.17) is 5.11 Å². The van der Waals surface area contributed by atoms with E-state index in [1.54, 1.807) is 0 Å². The van der Waals surface area contributed by atoms with Crippen LogP contribution in [0.4, 0.5) is 0 Å². The highest BCUT2D eigenvalue weighted by molar-refractivity contribution is 5.86. The van der Waals surface area contributed by atoms with Crippen molar-refractivity contribution in [3.63, 3.8) is 0 Å². The summed E-state index contributed by atoms with van der Waals surface area (Å²) in [5.41, 5.74) is 0.767. The van der Waals surface area contributed by atoms with E-state index in [1.165, 1.54) is 4.90 Å². The standard InChI is InChI=1S/C16H23NO3/c1-12(13-8-6-5-7-9-13)15(20)17(10-14(18)19)11-16(2,3)4/h5-9,12H,10-11H2,1-4H3,(H,18,19). The summed E-state index contributed by atoms with van der Waals surface area (Å²) in [4.78, 5) is 24.9. The molecule has 0 spiro atoms. The highest BCUT2D eigenvalue weighted by atomic mass is 16.4. The molecule has 1 aromatic rings. The molecule has 0 bridgehead atoms. The fourth-order valence-electron chi connectivity index (χ4n) is 2.11. The van der Waals surface area contributed by atoms with Gasteiger partial charge in [-0.2, -0.15) is 0 Å². The molecule has 1 N–H and O–H groups in total. The Labute approximate surface area is 120 Å². The number of hydrogen-bond donors (Lipinski definition) is 1. The van der Waals surface area contributed by atoms with E-state index in [9.17, 15) is 9.59 Å². The molecule has 0 saturated heterocycles. The molecule has 0 heterocycles. The van der Waals surface area contributed by atoms with E-state index < -0.39 is 5.97 Å². The second kappa shape index (κ2) is 6.55. The maximum absolute atomic E-state index is 12.5. The Morgan fingerprint density at radius 3 is 2.20 bits per heavy atom. The number of carbonyl (C=O) groups is 2. The predicted octanol–water partition coefficient (Wildman–Crippen LogP) is 2.75. The summed E-state index contributed by atoms with van der Waals surface area (Å²) in [7, 11) is 0. The highest BCUT2D eigenvalue weighted by Crippen LogP contribution is 2.21. The van der Waals surface area contributed by atoms with Crippen molar-refractivity contribution < 1.29 is 14.7 Å². The lowest BCUT2D eigenvalue weighted by molar-refractivity contribution is -0.145. The van der Waals surface area contributed by atoms with Crippen molar-refractivity contribution in [1.29, 1.82) is 0 Å². The lowest BCUT2D eigenvalue weighted by Crippen LogP contribution is -2.42. The van der Waals surface area contributed by atoms with Crippen LogP contribution in [0.2, 0.25) is 0 Å². The van der Waals surface area contributed by atoms with Crippen LogP contribution >= 0.6 is 0 Å². The Hall–Kier alpha value is -1.84. The number of carboxylic acid groups (broad SMARTS) is 1. The van der Waals surface area contributed by atoms with Crippen LogP contribution in [0, 0.1) is 5.41 Å². The SMILES string of the molecule is CC(C(=O)N(CC(=O)O)CC(C)(C)C)c1ccccc1. The van der Waals surface area contributed by atoms with Gasteiger partial charge in [0.2, 0.25) is 5.91 Å². The first kappa shape index (κ1) is 16.2. The lowest BCUT2D eigenvalue weighted by Gasteiger charge is -2.30. The zero-order valence-corrected chi connectivity index (χ0v) is 12.6. The Balaban J connectivity index is 2.89. The Morgan fingerprint density at radius 2 is 1.75 bits per heavy atom. The van der Waals surface area contributed by atoms with Crippen molar-refractivity contribution in [3.8, 4) is 0 Å². The summed E-state index contributed by atoms with van der Waals surface area (Å²) >= 11 is 0. The Bertz CT molecular complexity index is 462. The van der Waals surface area contributed by atoms with Crippen LogP contribution in [0.15, 0.2) is 30.3 Å². The first-order chi connectivity index (χ1) is 9.20. The molecule has 1 aromatic carbocycles. The number of carboxylic acids is 1. The molecular formula is C16H23NO3. The summed E-state index contributed by atoms with van der Waals surface area (Å²) in [6, 6.07) is 9.43. The number of aliphatic carboxylic acids is 1. The second-order valence-corrected chi connectivity index (χ2v) is 6.28. The summed E-state index contributed by atoms with van der Waals surface area (Å²) in [6.07, 6.45) is 0. The molecule has 1 amide bonds. The third-order valence-corrected chi connectivity index (χ3v) is 2.97. The van der Waals surface area contributed by atoms with Gasteiger partial charge in [-0.3, -0.25) is 9.59 Å². The molecule has 0 saturated carbocycles. The van der Waals surface area contributed by atoms with Crippen LogP contribution in [0.3, 0.4) is 0 Å². The molecule has 4 heteroatoms. The molecule has 0 radical (unpaired) electrons. The molecule has 0 aliphatic carbocycles. The molecular weight excluding hydrogens is 254 g/mol. The summed E-state index contributed by atoms with van der Waals surface area (Å²) in [6.45, 7) is 7.95. The van der Waals surface area contributed by atoms with Gasteiger partial charge in [0.15, 0.2) is 0 Å². The van der Waals surface area contributed by atoms with Gasteiger partial charge in [0.05, 0.1) is 5.92 Å². The van der Waals surface area contributed by atoms with Crippen LogP contribution in [0.5, 0.6) is 0 Å². The topological polar surface area (TPSA) is 57.6 Å². The monoisotopic (exact) mass is 277 g/mol. The first-order valence-electron chi connectivity index (χ1n) is 6.76. The minimum atomic E-state index is -0.983. The predicted molar refractivity (Wildman–Crippen MR) is 78.5 cm³/mol. The van der Waals surface area contributed by atoms with E-state index in [1.807, 2.05) is 58.0 Å². The van der Waals surface area contributed by atoms with Gasteiger partial charge in [0.1, 0.15) is 6.54 Å². The van der Waals surface area contributed by atoms with Crippen LogP contribution in [0.25, 0.3) is 0 Å². The van der Waals surface area contributed by atoms with Gasteiger partial charge in [-0.1, -0.05) is 51.1 Å². The minimum Gasteiger partial charge on any atom is -0.480 e. The second-order valence-electron chi connectivity index (χ2n) is 6.28. The van der Waals surface area contributed by atoms with Crippen LogP contribution in [-0.2, 0) is 9.59 Å². The van der Waals surface area contributed by atoms with E-state index >= 15 is 0 Å². The molecule has 1 atom stereocenters. The maximum atomic E-state index is 12.5. The van der Waals surface area contributed by atoms with Gasteiger partial charge < -0.3 is 10.0 Å². The third-order valence-electron chi connectivity index (χ3n) is 2.97. The molecule has 0 aliphatic heterocycles. The van der Waals surface area contributed by atoms with Crippen LogP contribution < -0.4 is 0 Å². The normalized spacial score (nSPS) is 12.8. The molecule has 110 valence electrons. The van der Waals surface area contributed by atoms with Crippen molar-refractivity contribution in [2.75, 3.05) is 13.1 Å². The van der Waals surface area contributed by atoms with E-state index in [-0.39, 0.29) is 23.8 Å². The van der Waals surface area contributed by atoms with Gasteiger partial charge in [0, 0.05) is 6.54 Å². The number of rotatable bonds is 5. The summed E-state index contributed by atoms with van der Waals surface area (Å²) < 4.78 is 0. The quantitative estimate of drug-likeness (QED) is 0.900. The number of amides is 1. The van der Waals surface area contributed by atoms with Crippen molar-refractivity contribution in [1.82, 2.24) is 4.90 Å². The lowest BCUT2D eigenvalue weighted by atomic mass is 9.94. The van der Waals surface area contributed by atoms with E-state index in [0.29, 0.717) is 6.54 Å². The fraction of sp³-hybridized carbons (Fsp3) is 0.500. The number of hydrogen-bond acceptors (Lipinski definition) is 2. The van der Waals surface area contributed by atoms with Crippen molar-refractivity contribution >= 4 is 11.9 Å². The highest BCUT2D eigenvalue weighted by Gasteiger charge is 2.27. The third kappa shape index (κ3) is 5.03. The van der Waals surface area contributed by atoms with Crippen LogP contribution in [-0.4, -0.2) is 35.0 Å². The molecule has 0 fully saturated rings. The maximum Gasteiger partial charge on any atom is 0.323 e. The fourth-order valence-corrected chi connectivity index (χ4v) is 2.11. The molecule has 0 aliphatic rings. The van der Waals surface area contributed by atoms with Crippen molar-refractivity contribution in [2.45, 2.75) is 33.6 Å². The molecule has 4 nitrogen and oxygen atoms in total. The Kier molecular flexibility index (Phi) is 5.31. The largest absolute Gasteiger partial charge is 0.480 e. The number of nitrogens with zero attached hydrogens (tertiary/aromatic N) is 1. The molecule has 20 heavy (non-hydrogen) atoms. The van der Waals surface area contributed by atoms with Gasteiger partial charge >= 0.3 is 5.97 Å². The van der Waals surface area contributed by atoms with E-state index in [2.05, 4.69) is 0 Å². The molecule has 1 rings (SSSR count). The van der Waals surface area contributed by atoms with Gasteiger partial charge in [0.25, 0.3) is 0 Å². The van der Waals surface area contributed by atoms with Gasteiger partial charge in [-0.25, -0.2) is 0 Å². The van der Waals surface area contributed by atoms with Gasteiger partial charge in [-0.05, 0) is 17.9 Å². The number of benzene rings is 1. The average Bonchev–Trinajstić information content (AvgIpc) is 2.35. The zero-order valence-electron chi connectivity index (χ0n) is 12.6. The zero-order chi connectivity index (χ0) is 15.3. The Morgan fingerprint density at radius 1 is 1.20 bits per heavy atom. The average molecular weight is 277 g/mol. The molecule has 0 aromatic heterocycles. The summed E-state index contributed by atoms with van der Waals surface area (Å²) in [5.74, 6) is -1.46. The summed E-state index contributed by atoms with van der Waals surface area (Å²) in [5, 5.41) is 8.99. The molecule has 1 unspecified atom stereocenters. The van der Waals surface area contributed by atoms with Crippen molar-refractivity contribution in [2.24, 2.45) is 5.41 Å². The van der Waals surface area contributed by atoms with Gasteiger partial charge in [-0.15, -0.1) is 0 Å².